The minimum absolute atomic E-state index is 0.452. The lowest BCUT2D eigenvalue weighted by atomic mass is 10.0. The molecule has 1 aliphatic heterocycles. The summed E-state index contributed by atoms with van der Waals surface area (Å²) in [6, 6.07) is 3.20. The Morgan fingerprint density at radius 1 is 1.62 bits per heavy atom. The zero-order valence-corrected chi connectivity index (χ0v) is 10.3. The number of rotatable bonds is 4. The lowest BCUT2D eigenvalue weighted by molar-refractivity contribution is 0.127. The molecule has 0 radical (unpaired) electrons. The van der Waals surface area contributed by atoms with E-state index in [4.69, 9.17) is 4.42 Å². The van der Waals surface area contributed by atoms with Crippen molar-refractivity contribution in [3.8, 4) is 0 Å². The maximum Gasteiger partial charge on any atom is 0.0950 e. The van der Waals surface area contributed by atoms with Gasteiger partial charge < -0.3 is 9.73 Å². The molecule has 2 heterocycles. The van der Waals surface area contributed by atoms with Crippen LogP contribution >= 0.6 is 0 Å². The molecule has 3 nitrogen and oxygen atoms in total. The van der Waals surface area contributed by atoms with Gasteiger partial charge in [0, 0.05) is 24.2 Å². The number of hydrogen-bond donors (Lipinski definition) is 1. The van der Waals surface area contributed by atoms with Gasteiger partial charge in [-0.15, -0.1) is 0 Å². The molecular weight excluding hydrogens is 200 g/mol. The molecule has 0 aliphatic carbocycles. The van der Waals surface area contributed by atoms with E-state index < -0.39 is 0 Å². The van der Waals surface area contributed by atoms with Crippen molar-refractivity contribution in [2.45, 2.75) is 38.8 Å². The monoisotopic (exact) mass is 222 g/mol. The average molecular weight is 222 g/mol. The summed E-state index contributed by atoms with van der Waals surface area (Å²) in [6.07, 6.45) is 6.23. The number of furan rings is 1. The molecule has 1 saturated heterocycles. The minimum atomic E-state index is 0.452. The van der Waals surface area contributed by atoms with Crippen LogP contribution in [0.1, 0.15) is 38.3 Å². The van der Waals surface area contributed by atoms with E-state index in [1.165, 1.54) is 24.9 Å². The third-order valence-electron chi connectivity index (χ3n) is 3.63. The number of piperidine rings is 1. The van der Waals surface area contributed by atoms with Gasteiger partial charge in [-0.3, -0.25) is 4.90 Å². The average Bonchev–Trinajstić information content (AvgIpc) is 2.85. The topological polar surface area (TPSA) is 28.4 Å². The van der Waals surface area contributed by atoms with Crippen LogP contribution in [-0.2, 0) is 0 Å². The standard InChI is InChI=1S/C13H22N2O/c1-3-15(13-5-4-7-14-9-13)11(2)12-6-8-16-10-12/h6,8,10-11,13-14H,3-5,7,9H2,1-2H3. The maximum absolute atomic E-state index is 5.18. The van der Waals surface area contributed by atoms with Crippen molar-refractivity contribution in [3.63, 3.8) is 0 Å². The lowest BCUT2D eigenvalue weighted by Crippen LogP contribution is -2.46. The van der Waals surface area contributed by atoms with E-state index in [2.05, 4.69) is 30.1 Å². The third kappa shape index (κ3) is 2.47. The molecule has 90 valence electrons. The van der Waals surface area contributed by atoms with Gasteiger partial charge in [-0.1, -0.05) is 6.92 Å². The Balaban J connectivity index is 2.03. The van der Waals surface area contributed by atoms with Crippen LogP contribution in [-0.4, -0.2) is 30.6 Å². The highest BCUT2D eigenvalue weighted by atomic mass is 16.3. The summed E-state index contributed by atoms with van der Waals surface area (Å²) < 4.78 is 5.18. The van der Waals surface area contributed by atoms with Gasteiger partial charge >= 0.3 is 0 Å². The second kappa shape index (κ2) is 5.51. The van der Waals surface area contributed by atoms with Gasteiger partial charge in [0.05, 0.1) is 12.5 Å². The fourth-order valence-corrected chi connectivity index (χ4v) is 2.67. The summed E-state index contributed by atoms with van der Waals surface area (Å²) in [5.74, 6) is 0. The summed E-state index contributed by atoms with van der Waals surface area (Å²) in [6.45, 7) is 7.90. The Bertz CT molecular complexity index is 291. The molecule has 2 atom stereocenters. The number of nitrogens with one attached hydrogen (secondary N) is 1. The van der Waals surface area contributed by atoms with Gasteiger partial charge in [-0.25, -0.2) is 0 Å². The van der Waals surface area contributed by atoms with Gasteiger partial charge in [0.25, 0.3) is 0 Å². The fraction of sp³-hybridized carbons (Fsp3) is 0.692. The molecule has 0 saturated carbocycles. The van der Waals surface area contributed by atoms with Crippen molar-refractivity contribution in [3.05, 3.63) is 24.2 Å². The Hall–Kier alpha value is -0.800. The van der Waals surface area contributed by atoms with E-state index in [9.17, 15) is 0 Å². The Labute approximate surface area is 97.8 Å². The first-order valence-electron chi connectivity index (χ1n) is 6.31. The van der Waals surface area contributed by atoms with Crippen LogP contribution in [0.2, 0.25) is 0 Å². The second-order valence-corrected chi connectivity index (χ2v) is 4.56. The highest BCUT2D eigenvalue weighted by Crippen LogP contribution is 2.24. The van der Waals surface area contributed by atoms with Crippen LogP contribution < -0.4 is 5.32 Å². The van der Waals surface area contributed by atoms with Crippen molar-refractivity contribution in [2.75, 3.05) is 19.6 Å². The van der Waals surface area contributed by atoms with Gasteiger partial charge in [-0.2, -0.15) is 0 Å². The van der Waals surface area contributed by atoms with E-state index in [0.717, 1.165) is 13.1 Å². The van der Waals surface area contributed by atoms with E-state index in [1.54, 1.807) is 6.26 Å². The summed E-state index contributed by atoms with van der Waals surface area (Å²) >= 11 is 0. The first-order chi connectivity index (χ1) is 7.83. The Morgan fingerprint density at radius 2 is 2.50 bits per heavy atom. The fourth-order valence-electron chi connectivity index (χ4n) is 2.67. The van der Waals surface area contributed by atoms with Crippen molar-refractivity contribution in [1.82, 2.24) is 10.2 Å². The summed E-state index contributed by atoms with van der Waals surface area (Å²) in [5, 5.41) is 3.48. The van der Waals surface area contributed by atoms with Crippen LogP contribution in [0.15, 0.2) is 23.0 Å². The lowest BCUT2D eigenvalue weighted by Gasteiger charge is -2.37. The zero-order valence-electron chi connectivity index (χ0n) is 10.3. The van der Waals surface area contributed by atoms with Crippen molar-refractivity contribution in [2.24, 2.45) is 0 Å². The van der Waals surface area contributed by atoms with Crippen molar-refractivity contribution >= 4 is 0 Å². The second-order valence-electron chi connectivity index (χ2n) is 4.56. The number of nitrogens with zero attached hydrogens (tertiary/aromatic N) is 1. The van der Waals surface area contributed by atoms with Gasteiger partial charge in [0.2, 0.25) is 0 Å². The molecule has 1 aromatic rings. The first kappa shape index (κ1) is 11.7. The van der Waals surface area contributed by atoms with Crippen LogP contribution in [0, 0.1) is 0 Å². The molecule has 3 heteroatoms. The Morgan fingerprint density at radius 3 is 3.06 bits per heavy atom. The van der Waals surface area contributed by atoms with Crippen molar-refractivity contribution < 1.29 is 4.42 Å². The predicted molar refractivity (Wildman–Crippen MR) is 65.4 cm³/mol. The molecule has 1 fully saturated rings. The van der Waals surface area contributed by atoms with Crippen LogP contribution in [0.4, 0.5) is 0 Å². The van der Waals surface area contributed by atoms with Crippen molar-refractivity contribution in [1.29, 1.82) is 0 Å². The molecule has 2 unspecified atom stereocenters. The largest absolute Gasteiger partial charge is 0.472 e. The van der Waals surface area contributed by atoms with E-state index in [0.29, 0.717) is 12.1 Å². The SMILES string of the molecule is CCN(C1CCCNC1)C(C)c1ccoc1. The highest BCUT2D eigenvalue weighted by Gasteiger charge is 2.24. The third-order valence-corrected chi connectivity index (χ3v) is 3.63. The Kier molecular flexibility index (Phi) is 4.02. The molecule has 0 bridgehead atoms. The molecule has 1 aliphatic rings. The van der Waals surface area contributed by atoms with Gasteiger partial charge in [-0.05, 0) is 38.9 Å². The van der Waals surface area contributed by atoms with Gasteiger partial charge in [0.15, 0.2) is 0 Å². The molecule has 0 aromatic carbocycles. The quantitative estimate of drug-likeness (QED) is 0.848. The normalized spacial score (nSPS) is 23.6. The van der Waals surface area contributed by atoms with Crippen LogP contribution in [0.25, 0.3) is 0 Å². The molecule has 2 rings (SSSR count). The molecule has 0 spiro atoms. The number of hydrogen-bond acceptors (Lipinski definition) is 3. The molecule has 1 N–H and O–H groups in total. The smallest absolute Gasteiger partial charge is 0.0950 e. The first-order valence-corrected chi connectivity index (χ1v) is 6.31. The summed E-state index contributed by atoms with van der Waals surface area (Å²) in [7, 11) is 0. The predicted octanol–water partition coefficient (Wildman–Crippen LogP) is 2.41. The highest BCUT2D eigenvalue weighted by molar-refractivity contribution is 5.11. The molecule has 0 amide bonds. The molecule has 1 aromatic heterocycles. The molecule has 16 heavy (non-hydrogen) atoms. The summed E-state index contributed by atoms with van der Waals surface area (Å²) in [5.41, 5.74) is 1.28. The maximum atomic E-state index is 5.18. The van der Waals surface area contributed by atoms with E-state index in [-0.39, 0.29) is 0 Å². The van der Waals surface area contributed by atoms with Crippen LogP contribution in [0.5, 0.6) is 0 Å². The van der Waals surface area contributed by atoms with Gasteiger partial charge in [0.1, 0.15) is 0 Å². The minimum Gasteiger partial charge on any atom is -0.472 e. The van der Waals surface area contributed by atoms with E-state index in [1.807, 2.05) is 6.26 Å². The van der Waals surface area contributed by atoms with E-state index >= 15 is 0 Å². The summed E-state index contributed by atoms with van der Waals surface area (Å²) in [4.78, 5) is 2.57. The zero-order chi connectivity index (χ0) is 11.4. The van der Waals surface area contributed by atoms with Crippen LogP contribution in [0.3, 0.4) is 0 Å². The molecular formula is C13H22N2O. The number of likely N-dealkylation sites (N-methyl/N-ethyl adjacent to an activating group) is 1.